The van der Waals surface area contributed by atoms with Gasteiger partial charge in [-0.05, 0) is 25.7 Å². The standard InChI is InChI=1S/C12H21N3/c1-9-5-4-6-11(7-9)15-8-10(2)14-12(15)13-3/h8-9,11H,4-7H2,1-3H3,(H,13,14). The number of anilines is 1. The molecule has 0 saturated heterocycles. The Morgan fingerprint density at radius 2 is 2.27 bits per heavy atom. The van der Waals surface area contributed by atoms with Crippen LogP contribution in [0.4, 0.5) is 5.95 Å². The molecule has 15 heavy (non-hydrogen) atoms. The van der Waals surface area contributed by atoms with Crippen LogP contribution in [0, 0.1) is 12.8 Å². The lowest BCUT2D eigenvalue weighted by Crippen LogP contribution is -2.18. The van der Waals surface area contributed by atoms with E-state index in [1.165, 1.54) is 25.7 Å². The number of hydrogen-bond acceptors (Lipinski definition) is 2. The summed E-state index contributed by atoms with van der Waals surface area (Å²) < 4.78 is 2.32. The van der Waals surface area contributed by atoms with Gasteiger partial charge in [0, 0.05) is 19.3 Å². The average Bonchev–Trinajstić information content (AvgIpc) is 2.59. The molecule has 1 saturated carbocycles. The lowest BCUT2D eigenvalue weighted by atomic mass is 9.87. The van der Waals surface area contributed by atoms with Gasteiger partial charge in [-0.15, -0.1) is 0 Å². The Kier molecular flexibility index (Phi) is 2.98. The fourth-order valence-corrected chi connectivity index (χ4v) is 2.63. The molecule has 0 aromatic carbocycles. The highest BCUT2D eigenvalue weighted by molar-refractivity contribution is 5.28. The second-order valence-corrected chi connectivity index (χ2v) is 4.79. The van der Waals surface area contributed by atoms with Crippen molar-refractivity contribution in [1.82, 2.24) is 9.55 Å². The van der Waals surface area contributed by atoms with E-state index in [-0.39, 0.29) is 0 Å². The molecule has 2 unspecified atom stereocenters. The number of nitrogens with zero attached hydrogens (tertiary/aromatic N) is 2. The Labute approximate surface area is 91.9 Å². The topological polar surface area (TPSA) is 29.9 Å². The first-order valence-corrected chi connectivity index (χ1v) is 5.94. The molecule has 2 rings (SSSR count). The summed E-state index contributed by atoms with van der Waals surface area (Å²) in [4.78, 5) is 4.48. The quantitative estimate of drug-likeness (QED) is 0.808. The van der Waals surface area contributed by atoms with E-state index >= 15 is 0 Å². The molecule has 1 N–H and O–H groups in total. The van der Waals surface area contributed by atoms with Crippen LogP contribution in [0.2, 0.25) is 0 Å². The van der Waals surface area contributed by atoms with E-state index in [9.17, 15) is 0 Å². The lowest BCUT2D eigenvalue weighted by Gasteiger charge is -2.28. The van der Waals surface area contributed by atoms with Gasteiger partial charge in [0.2, 0.25) is 5.95 Å². The van der Waals surface area contributed by atoms with Crippen molar-refractivity contribution < 1.29 is 0 Å². The van der Waals surface area contributed by atoms with Gasteiger partial charge in [0.25, 0.3) is 0 Å². The molecule has 1 aromatic heterocycles. The molecule has 3 heteroatoms. The van der Waals surface area contributed by atoms with Crippen LogP contribution in [0.15, 0.2) is 6.20 Å². The molecule has 1 aromatic rings. The molecule has 1 heterocycles. The zero-order chi connectivity index (χ0) is 10.8. The molecule has 0 amide bonds. The van der Waals surface area contributed by atoms with Crippen molar-refractivity contribution in [2.45, 2.75) is 45.6 Å². The van der Waals surface area contributed by atoms with Gasteiger partial charge in [-0.1, -0.05) is 19.8 Å². The highest BCUT2D eigenvalue weighted by Gasteiger charge is 2.22. The van der Waals surface area contributed by atoms with Gasteiger partial charge in [-0.25, -0.2) is 4.98 Å². The predicted molar refractivity (Wildman–Crippen MR) is 63.2 cm³/mol. The van der Waals surface area contributed by atoms with E-state index in [0.717, 1.165) is 17.6 Å². The zero-order valence-corrected chi connectivity index (χ0v) is 9.95. The summed E-state index contributed by atoms with van der Waals surface area (Å²) in [5.74, 6) is 1.88. The van der Waals surface area contributed by atoms with Crippen LogP contribution in [0.5, 0.6) is 0 Å². The third kappa shape index (κ3) is 2.16. The average molecular weight is 207 g/mol. The molecule has 84 valence electrons. The van der Waals surface area contributed by atoms with E-state index in [1.54, 1.807) is 0 Å². The maximum Gasteiger partial charge on any atom is 0.203 e. The third-order valence-electron chi connectivity index (χ3n) is 3.38. The maximum atomic E-state index is 4.48. The fourth-order valence-electron chi connectivity index (χ4n) is 2.63. The Hall–Kier alpha value is -0.990. The van der Waals surface area contributed by atoms with Gasteiger partial charge < -0.3 is 9.88 Å². The molecule has 1 fully saturated rings. The minimum atomic E-state index is 0.650. The van der Waals surface area contributed by atoms with E-state index in [0.29, 0.717) is 6.04 Å². The molecule has 0 bridgehead atoms. The molecule has 0 spiro atoms. The van der Waals surface area contributed by atoms with Gasteiger partial charge in [0.1, 0.15) is 0 Å². The van der Waals surface area contributed by atoms with Crippen molar-refractivity contribution in [3.8, 4) is 0 Å². The minimum absolute atomic E-state index is 0.650. The number of aryl methyl sites for hydroxylation is 1. The van der Waals surface area contributed by atoms with Crippen LogP contribution in [0.3, 0.4) is 0 Å². The van der Waals surface area contributed by atoms with E-state index < -0.39 is 0 Å². The number of rotatable bonds is 2. The highest BCUT2D eigenvalue weighted by atomic mass is 15.2. The summed E-state index contributed by atoms with van der Waals surface area (Å²) >= 11 is 0. The molecule has 2 atom stereocenters. The predicted octanol–water partition coefficient (Wildman–Crippen LogP) is 2.98. The maximum absolute atomic E-state index is 4.48. The number of aromatic nitrogens is 2. The summed E-state index contributed by atoms with van der Waals surface area (Å²) in [6.45, 7) is 4.42. The summed E-state index contributed by atoms with van der Waals surface area (Å²) in [5, 5.41) is 3.18. The number of nitrogens with one attached hydrogen (secondary N) is 1. The molecule has 0 aliphatic heterocycles. The summed E-state index contributed by atoms with van der Waals surface area (Å²) in [7, 11) is 1.95. The highest BCUT2D eigenvalue weighted by Crippen LogP contribution is 2.33. The van der Waals surface area contributed by atoms with E-state index in [1.807, 2.05) is 7.05 Å². The Morgan fingerprint density at radius 3 is 2.93 bits per heavy atom. The van der Waals surface area contributed by atoms with Gasteiger partial charge in [0.05, 0.1) is 5.69 Å². The number of imidazole rings is 1. The smallest absolute Gasteiger partial charge is 0.203 e. The van der Waals surface area contributed by atoms with Crippen molar-refractivity contribution in [1.29, 1.82) is 0 Å². The summed E-state index contributed by atoms with van der Waals surface area (Å²) in [6, 6.07) is 0.650. The van der Waals surface area contributed by atoms with Crippen LogP contribution in [-0.4, -0.2) is 16.6 Å². The van der Waals surface area contributed by atoms with Gasteiger partial charge >= 0.3 is 0 Å². The summed E-state index contributed by atoms with van der Waals surface area (Å²) in [6.07, 6.45) is 7.51. The fraction of sp³-hybridized carbons (Fsp3) is 0.750. The molecule has 0 radical (unpaired) electrons. The largest absolute Gasteiger partial charge is 0.359 e. The van der Waals surface area contributed by atoms with Crippen molar-refractivity contribution in [3.05, 3.63) is 11.9 Å². The first kappa shape index (κ1) is 10.5. The van der Waals surface area contributed by atoms with Gasteiger partial charge in [-0.3, -0.25) is 0 Å². The molecular formula is C12H21N3. The summed E-state index contributed by atoms with van der Waals surface area (Å²) in [5.41, 5.74) is 1.11. The zero-order valence-electron chi connectivity index (χ0n) is 9.95. The Bertz CT molecular complexity index is 330. The molecule has 1 aliphatic carbocycles. The van der Waals surface area contributed by atoms with Crippen LogP contribution in [0.1, 0.15) is 44.3 Å². The Morgan fingerprint density at radius 1 is 1.47 bits per heavy atom. The minimum Gasteiger partial charge on any atom is -0.359 e. The van der Waals surface area contributed by atoms with Crippen molar-refractivity contribution in [2.75, 3.05) is 12.4 Å². The van der Waals surface area contributed by atoms with Gasteiger partial charge in [0.15, 0.2) is 0 Å². The first-order valence-electron chi connectivity index (χ1n) is 5.94. The number of hydrogen-bond donors (Lipinski definition) is 1. The van der Waals surface area contributed by atoms with Gasteiger partial charge in [-0.2, -0.15) is 0 Å². The Balaban J connectivity index is 2.19. The van der Waals surface area contributed by atoms with Crippen LogP contribution < -0.4 is 5.32 Å². The molecular weight excluding hydrogens is 186 g/mol. The SMILES string of the molecule is CNc1nc(C)cn1C1CCCC(C)C1. The second kappa shape index (κ2) is 4.25. The van der Waals surface area contributed by atoms with Crippen molar-refractivity contribution in [3.63, 3.8) is 0 Å². The monoisotopic (exact) mass is 207 g/mol. The molecule has 1 aliphatic rings. The van der Waals surface area contributed by atoms with Crippen LogP contribution >= 0.6 is 0 Å². The van der Waals surface area contributed by atoms with Crippen LogP contribution in [0.25, 0.3) is 0 Å². The molecule has 3 nitrogen and oxygen atoms in total. The van der Waals surface area contributed by atoms with Crippen LogP contribution in [-0.2, 0) is 0 Å². The van der Waals surface area contributed by atoms with Crippen molar-refractivity contribution >= 4 is 5.95 Å². The van der Waals surface area contributed by atoms with E-state index in [2.05, 4.69) is 34.9 Å². The van der Waals surface area contributed by atoms with E-state index in [4.69, 9.17) is 0 Å². The third-order valence-corrected chi connectivity index (χ3v) is 3.38. The lowest BCUT2D eigenvalue weighted by molar-refractivity contribution is 0.284. The normalized spacial score (nSPS) is 26.6. The van der Waals surface area contributed by atoms with Crippen molar-refractivity contribution in [2.24, 2.45) is 5.92 Å². The second-order valence-electron chi connectivity index (χ2n) is 4.79. The first-order chi connectivity index (χ1) is 7.20.